The van der Waals surface area contributed by atoms with Crippen molar-refractivity contribution >= 4 is 17.5 Å². The standard InChI is InChI=1S/C23H21N3O5/c27-21(25-15-1-2-16-18(11-15)30-10-9-29-16)19-17-3-6-23(31-17)13-26(22(28)20(19)23)12-14-4-7-24-8-5-14/h1-8,11,17,19-20H,9-10,12-13H2,(H,25,27)/t17-,19+,20+,23-/m0/s1. The Morgan fingerprint density at radius 1 is 1.16 bits per heavy atom. The molecule has 8 nitrogen and oxygen atoms in total. The predicted molar refractivity (Wildman–Crippen MR) is 109 cm³/mol. The fraction of sp³-hybridized carbons (Fsp3) is 0.348. The van der Waals surface area contributed by atoms with Gasteiger partial charge in [0.25, 0.3) is 0 Å². The maximum Gasteiger partial charge on any atom is 0.231 e. The van der Waals surface area contributed by atoms with Gasteiger partial charge in [-0.25, -0.2) is 0 Å². The third kappa shape index (κ3) is 2.90. The van der Waals surface area contributed by atoms with Crippen LogP contribution in [0.2, 0.25) is 0 Å². The number of hydrogen-bond acceptors (Lipinski definition) is 6. The van der Waals surface area contributed by atoms with Crippen LogP contribution in [0.5, 0.6) is 11.5 Å². The lowest BCUT2D eigenvalue weighted by molar-refractivity contribution is -0.136. The van der Waals surface area contributed by atoms with Crippen molar-refractivity contribution in [3.63, 3.8) is 0 Å². The Morgan fingerprint density at radius 3 is 2.81 bits per heavy atom. The van der Waals surface area contributed by atoms with Crippen LogP contribution in [-0.4, -0.2) is 53.2 Å². The fourth-order valence-corrected chi connectivity index (χ4v) is 5.07. The number of rotatable bonds is 4. The van der Waals surface area contributed by atoms with E-state index in [9.17, 15) is 9.59 Å². The highest BCUT2D eigenvalue weighted by Gasteiger charge is 2.66. The van der Waals surface area contributed by atoms with Gasteiger partial charge in [0.15, 0.2) is 11.5 Å². The quantitative estimate of drug-likeness (QED) is 0.760. The molecule has 5 heterocycles. The van der Waals surface area contributed by atoms with Crippen LogP contribution in [0.1, 0.15) is 5.56 Å². The largest absolute Gasteiger partial charge is 0.486 e. The number of carbonyl (C=O) groups is 2. The van der Waals surface area contributed by atoms with Gasteiger partial charge in [-0.3, -0.25) is 14.6 Å². The van der Waals surface area contributed by atoms with E-state index in [1.165, 1.54) is 0 Å². The summed E-state index contributed by atoms with van der Waals surface area (Å²) in [4.78, 5) is 32.4. The third-order valence-corrected chi connectivity index (χ3v) is 6.41. The minimum atomic E-state index is -0.733. The van der Waals surface area contributed by atoms with Crippen molar-refractivity contribution in [3.8, 4) is 11.5 Å². The summed E-state index contributed by atoms with van der Waals surface area (Å²) in [7, 11) is 0. The molecule has 1 N–H and O–H groups in total. The number of nitrogens with one attached hydrogen (secondary N) is 1. The van der Waals surface area contributed by atoms with E-state index in [1.807, 2.05) is 24.3 Å². The van der Waals surface area contributed by atoms with Gasteiger partial charge < -0.3 is 24.4 Å². The topological polar surface area (TPSA) is 90.0 Å². The molecule has 8 heteroatoms. The summed E-state index contributed by atoms with van der Waals surface area (Å²) in [5.41, 5.74) is 0.869. The first-order valence-electron chi connectivity index (χ1n) is 10.4. The van der Waals surface area contributed by atoms with Crippen molar-refractivity contribution in [2.45, 2.75) is 18.2 Å². The van der Waals surface area contributed by atoms with Crippen molar-refractivity contribution in [1.29, 1.82) is 0 Å². The SMILES string of the molecule is O=C(Nc1ccc2c(c1)OCCO2)[C@@H]1[C@@H]2C=C[C@@]3(CN(Cc4ccncc4)C(=O)[C@@H]13)O2. The molecule has 4 atom stereocenters. The van der Waals surface area contributed by atoms with Gasteiger partial charge in [-0.1, -0.05) is 12.2 Å². The van der Waals surface area contributed by atoms with E-state index in [1.54, 1.807) is 35.5 Å². The molecule has 0 aliphatic carbocycles. The Morgan fingerprint density at radius 2 is 1.97 bits per heavy atom. The number of likely N-dealkylation sites (tertiary alicyclic amines) is 1. The van der Waals surface area contributed by atoms with Crippen LogP contribution in [0.15, 0.2) is 54.9 Å². The number of carbonyl (C=O) groups excluding carboxylic acids is 2. The molecule has 2 bridgehead atoms. The zero-order chi connectivity index (χ0) is 21.0. The Balaban J connectivity index is 1.23. The molecule has 0 radical (unpaired) electrons. The normalized spacial score (nSPS) is 29.9. The van der Waals surface area contributed by atoms with Gasteiger partial charge in [0.2, 0.25) is 11.8 Å². The van der Waals surface area contributed by atoms with E-state index in [-0.39, 0.29) is 11.8 Å². The van der Waals surface area contributed by atoms with E-state index >= 15 is 0 Å². The summed E-state index contributed by atoms with van der Waals surface area (Å²) in [6, 6.07) is 9.08. The Bertz CT molecular complexity index is 1090. The number of benzene rings is 1. The third-order valence-electron chi connectivity index (χ3n) is 6.41. The molecule has 4 aliphatic heterocycles. The molecule has 1 aromatic carbocycles. The van der Waals surface area contributed by atoms with Gasteiger partial charge in [-0.15, -0.1) is 0 Å². The molecule has 2 saturated heterocycles. The lowest BCUT2D eigenvalue weighted by atomic mass is 9.77. The average molecular weight is 419 g/mol. The van der Waals surface area contributed by atoms with Gasteiger partial charge in [0.1, 0.15) is 18.8 Å². The summed E-state index contributed by atoms with van der Waals surface area (Å²) in [6.07, 6.45) is 6.89. The Labute approximate surface area is 178 Å². The second-order valence-corrected chi connectivity index (χ2v) is 8.30. The first kappa shape index (κ1) is 18.4. The number of amides is 2. The Kier molecular flexibility index (Phi) is 4.04. The van der Waals surface area contributed by atoms with Crippen molar-refractivity contribution < 1.29 is 23.8 Å². The Hall–Kier alpha value is -3.39. The van der Waals surface area contributed by atoms with Gasteiger partial charge in [-0.2, -0.15) is 0 Å². The zero-order valence-corrected chi connectivity index (χ0v) is 16.7. The van der Waals surface area contributed by atoms with Gasteiger partial charge in [0, 0.05) is 30.7 Å². The van der Waals surface area contributed by atoms with Crippen molar-refractivity contribution in [1.82, 2.24) is 9.88 Å². The van der Waals surface area contributed by atoms with Crippen LogP contribution in [0.25, 0.3) is 0 Å². The number of anilines is 1. The van der Waals surface area contributed by atoms with Crippen LogP contribution in [0, 0.1) is 11.8 Å². The number of nitrogens with zero attached hydrogens (tertiary/aromatic N) is 2. The molecule has 1 aromatic heterocycles. The molecule has 0 saturated carbocycles. The number of pyridine rings is 1. The van der Waals surface area contributed by atoms with Gasteiger partial charge in [-0.05, 0) is 29.8 Å². The molecular formula is C23H21N3O5. The smallest absolute Gasteiger partial charge is 0.231 e. The molecule has 1 spiro atoms. The number of hydrogen-bond donors (Lipinski definition) is 1. The van der Waals surface area contributed by atoms with Crippen molar-refractivity contribution in [3.05, 3.63) is 60.4 Å². The lowest BCUT2D eigenvalue weighted by Gasteiger charge is -2.24. The van der Waals surface area contributed by atoms with Crippen molar-refractivity contribution in [2.75, 3.05) is 25.1 Å². The number of ether oxygens (including phenoxy) is 3. The minimum Gasteiger partial charge on any atom is -0.486 e. The van der Waals surface area contributed by atoms with Crippen LogP contribution >= 0.6 is 0 Å². The van der Waals surface area contributed by atoms with Crippen LogP contribution in [-0.2, 0) is 20.9 Å². The van der Waals surface area contributed by atoms with Crippen LogP contribution in [0.4, 0.5) is 5.69 Å². The van der Waals surface area contributed by atoms with E-state index in [0.29, 0.717) is 43.5 Å². The van der Waals surface area contributed by atoms with E-state index in [0.717, 1.165) is 5.56 Å². The fourth-order valence-electron chi connectivity index (χ4n) is 5.07. The van der Waals surface area contributed by atoms with Gasteiger partial charge in [0.05, 0.1) is 24.5 Å². The predicted octanol–water partition coefficient (Wildman–Crippen LogP) is 1.77. The van der Waals surface area contributed by atoms with E-state index < -0.39 is 23.5 Å². The molecule has 2 fully saturated rings. The first-order chi connectivity index (χ1) is 15.1. The molecular weight excluding hydrogens is 398 g/mol. The first-order valence-corrected chi connectivity index (χ1v) is 10.4. The highest BCUT2D eigenvalue weighted by atomic mass is 16.6. The highest BCUT2D eigenvalue weighted by molar-refractivity contribution is 5.99. The van der Waals surface area contributed by atoms with Crippen molar-refractivity contribution in [2.24, 2.45) is 11.8 Å². The van der Waals surface area contributed by atoms with E-state index in [2.05, 4.69) is 10.3 Å². The lowest BCUT2D eigenvalue weighted by Crippen LogP contribution is -2.41. The van der Waals surface area contributed by atoms with Gasteiger partial charge >= 0.3 is 0 Å². The van der Waals surface area contributed by atoms with Crippen LogP contribution in [0.3, 0.4) is 0 Å². The summed E-state index contributed by atoms with van der Waals surface area (Å²) >= 11 is 0. The van der Waals surface area contributed by atoms with E-state index in [4.69, 9.17) is 14.2 Å². The summed E-state index contributed by atoms with van der Waals surface area (Å²) in [5, 5.41) is 2.95. The maximum atomic E-state index is 13.3. The molecule has 6 rings (SSSR count). The molecule has 31 heavy (non-hydrogen) atoms. The monoisotopic (exact) mass is 419 g/mol. The zero-order valence-electron chi connectivity index (χ0n) is 16.7. The summed E-state index contributed by atoms with van der Waals surface area (Å²) in [6.45, 7) is 1.89. The summed E-state index contributed by atoms with van der Waals surface area (Å²) in [5.74, 6) is -0.116. The maximum absolute atomic E-state index is 13.3. The summed E-state index contributed by atoms with van der Waals surface area (Å²) < 4.78 is 17.3. The molecule has 158 valence electrons. The second kappa shape index (κ2) is 6.81. The average Bonchev–Trinajstić information content (AvgIpc) is 3.43. The molecule has 2 aromatic rings. The molecule has 4 aliphatic rings. The second-order valence-electron chi connectivity index (χ2n) is 8.30. The molecule has 0 unspecified atom stereocenters. The highest BCUT2D eigenvalue weighted by Crippen LogP contribution is 2.52. The number of fused-ring (bicyclic) bond motifs is 2. The molecule has 2 amide bonds. The minimum absolute atomic E-state index is 0.0500. The number of aromatic nitrogens is 1. The van der Waals surface area contributed by atoms with Crippen LogP contribution < -0.4 is 14.8 Å².